The SMILES string of the molecule is CO[C@@H]1C[C@@H](CO)N(c2ncc(C(=O)N(C)C)cc2Cl)C1. The fourth-order valence-corrected chi connectivity index (χ4v) is 2.77. The van der Waals surface area contributed by atoms with Gasteiger partial charge in [0.2, 0.25) is 0 Å². The van der Waals surface area contributed by atoms with Gasteiger partial charge in [0.15, 0.2) is 0 Å². The van der Waals surface area contributed by atoms with Gasteiger partial charge in [0, 0.05) is 33.9 Å². The van der Waals surface area contributed by atoms with Crippen LogP contribution in [0.4, 0.5) is 5.82 Å². The third kappa shape index (κ3) is 3.28. The molecule has 0 bridgehead atoms. The number of hydrogen-bond donors (Lipinski definition) is 1. The van der Waals surface area contributed by atoms with Gasteiger partial charge in [0.05, 0.1) is 29.3 Å². The Labute approximate surface area is 129 Å². The number of carbonyl (C=O) groups is 1. The van der Waals surface area contributed by atoms with Crippen molar-refractivity contribution in [1.82, 2.24) is 9.88 Å². The molecule has 0 saturated carbocycles. The van der Waals surface area contributed by atoms with Crippen molar-refractivity contribution < 1.29 is 14.6 Å². The Morgan fingerprint density at radius 2 is 2.33 bits per heavy atom. The van der Waals surface area contributed by atoms with E-state index in [0.29, 0.717) is 22.9 Å². The van der Waals surface area contributed by atoms with Crippen molar-refractivity contribution in [2.24, 2.45) is 0 Å². The van der Waals surface area contributed by atoms with E-state index in [-0.39, 0.29) is 24.7 Å². The molecule has 116 valence electrons. The summed E-state index contributed by atoms with van der Waals surface area (Å²) < 4.78 is 5.34. The zero-order chi connectivity index (χ0) is 15.6. The molecule has 1 amide bonds. The minimum absolute atomic E-state index is 0.0102. The van der Waals surface area contributed by atoms with Crippen LogP contribution in [0.15, 0.2) is 12.3 Å². The molecule has 0 radical (unpaired) electrons. The molecule has 6 nitrogen and oxygen atoms in total. The highest BCUT2D eigenvalue weighted by molar-refractivity contribution is 6.33. The Hall–Kier alpha value is -1.37. The lowest BCUT2D eigenvalue weighted by atomic mass is 10.2. The fraction of sp³-hybridized carbons (Fsp3) is 0.571. The van der Waals surface area contributed by atoms with Gasteiger partial charge in [0.25, 0.3) is 5.91 Å². The third-order valence-corrected chi connectivity index (χ3v) is 3.95. The Morgan fingerprint density at radius 1 is 1.62 bits per heavy atom. The van der Waals surface area contributed by atoms with Crippen molar-refractivity contribution in [3.8, 4) is 0 Å². The van der Waals surface area contributed by atoms with E-state index in [1.165, 1.54) is 11.1 Å². The predicted octanol–water partition coefficient (Wildman–Crippen LogP) is 1.02. The molecule has 2 rings (SSSR count). The summed E-state index contributed by atoms with van der Waals surface area (Å²) in [6.45, 7) is 0.631. The molecule has 21 heavy (non-hydrogen) atoms. The summed E-state index contributed by atoms with van der Waals surface area (Å²) >= 11 is 6.27. The van der Waals surface area contributed by atoms with E-state index < -0.39 is 0 Å². The molecule has 1 aliphatic rings. The van der Waals surface area contributed by atoms with E-state index in [1.54, 1.807) is 27.3 Å². The second-order valence-corrected chi connectivity index (χ2v) is 5.72. The first-order chi connectivity index (χ1) is 9.97. The molecule has 2 heterocycles. The maximum absolute atomic E-state index is 11.9. The van der Waals surface area contributed by atoms with Crippen LogP contribution in [0.5, 0.6) is 0 Å². The largest absolute Gasteiger partial charge is 0.394 e. The number of nitrogens with zero attached hydrogens (tertiary/aromatic N) is 3. The maximum Gasteiger partial charge on any atom is 0.254 e. The van der Waals surface area contributed by atoms with E-state index >= 15 is 0 Å². The monoisotopic (exact) mass is 313 g/mol. The highest BCUT2D eigenvalue weighted by Gasteiger charge is 2.33. The molecular weight excluding hydrogens is 294 g/mol. The number of halogens is 1. The van der Waals surface area contributed by atoms with Gasteiger partial charge >= 0.3 is 0 Å². The topological polar surface area (TPSA) is 65.9 Å². The van der Waals surface area contributed by atoms with Gasteiger partial charge in [-0.3, -0.25) is 4.79 Å². The maximum atomic E-state index is 11.9. The average molecular weight is 314 g/mol. The number of ether oxygens (including phenoxy) is 1. The van der Waals surface area contributed by atoms with Crippen molar-refractivity contribution in [2.45, 2.75) is 18.6 Å². The van der Waals surface area contributed by atoms with Gasteiger partial charge in [-0.25, -0.2) is 4.98 Å². The number of anilines is 1. The Bertz CT molecular complexity index is 524. The lowest BCUT2D eigenvalue weighted by Gasteiger charge is -2.25. The molecular formula is C14H20ClN3O3. The summed E-state index contributed by atoms with van der Waals surface area (Å²) in [6.07, 6.45) is 2.28. The van der Waals surface area contributed by atoms with Crippen molar-refractivity contribution in [3.05, 3.63) is 22.8 Å². The second-order valence-electron chi connectivity index (χ2n) is 5.31. The van der Waals surface area contributed by atoms with Crippen molar-refractivity contribution in [2.75, 3.05) is 39.3 Å². The van der Waals surface area contributed by atoms with Crippen LogP contribution >= 0.6 is 11.6 Å². The van der Waals surface area contributed by atoms with Crippen LogP contribution in [0.1, 0.15) is 16.8 Å². The van der Waals surface area contributed by atoms with E-state index in [4.69, 9.17) is 16.3 Å². The van der Waals surface area contributed by atoms with Crippen LogP contribution < -0.4 is 4.90 Å². The fourth-order valence-electron chi connectivity index (χ4n) is 2.49. The van der Waals surface area contributed by atoms with E-state index in [1.807, 2.05) is 4.90 Å². The molecule has 2 atom stereocenters. The summed E-state index contributed by atoms with van der Waals surface area (Å²) in [7, 11) is 5.00. The lowest BCUT2D eigenvalue weighted by molar-refractivity contribution is 0.0827. The smallest absolute Gasteiger partial charge is 0.254 e. The molecule has 0 unspecified atom stereocenters. The molecule has 1 N–H and O–H groups in total. The molecule has 0 spiro atoms. The van der Waals surface area contributed by atoms with Crippen LogP contribution in [0.2, 0.25) is 5.02 Å². The Morgan fingerprint density at radius 3 is 2.86 bits per heavy atom. The minimum Gasteiger partial charge on any atom is -0.394 e. The highest BCUT2D eigenvalue weighted by atomic mass is 35.5. The molecule has 1 fully saturated rings. The normalized spacial score (nSPS) is 21.7. The first kappa shape index (κ1) is 16.0. The molecule has 0 aliphatic carbocycles. The lowest BCUT2D eigenvalue weighted by Crippen LogP contribution is -2.33. The molecule has 0 aromatic carbocycles. The summed E-state index contributed by atoms with van der Waals surface area (Å²) in [5.74, 6) is 0.427. The van der Waals surface area contributed by atoms with Crippen molar-refractivity contribution in [3.63, 3.8) is 0 Å². The average Bonchev–Trinajstić information content (AvgIpc) is 2.89. The van der Waals surface area contributed by atoms with E-state index in [9.17, 15) is 9.90 Å². The standard InChI is InChI=1S/C14H20ClN3O3/c1-17(2)14(20)9-4-12(15)13(16-6-9)18-7-11(21-3)5-10(18)8-19/h4,6,10-11,19H,5,7-8H2,1-3H3/t10-,11+/m0/s1. The minimum atomic E-state index is -0.147. The second kappa shape index (κ2) is 6.60. The zero-order valence-corrected chi connectivity index (χ0v) is 13.2. The number of methoxy groups -OCH3 is 1. The first-order valence-corrected chi connectivity index (χ1v) is 7.13. The van der Waals surface area contributed by atoms with Crippen LogP contribution in [0, 0.1) is 0 Å². The zero-order valence-electron chi connectivity index (χ0n) is 12.4. The van der Waals surface area contributed by atoms with E-state index in [2.05, 4.69) is 4.98 Å². The number of carbonyl (C=O) groups excluding carboxylic acids is 1. The molecule has 1 aromatic heterocycles. The van der Waals surface area contributed by atoms with E-state index in [0.717, 1.165) is 6.42 Å². The predicted molar refractivity (Wildman–Crippen MR) is 80.9 cm³/mol. The first-order valence-electron chi connectivity index (χ1n) is 6.75. The van der Waals surface area contributed by atoms with Gasteiger partial charge in [-0.15, -0.1) is 0 Å². The summed E-state index contributed by atoms with van der Waals surface area (Å²) in [5.41, 5.74) is 0.441. The van der Waals surface area contributed by atoms with Gasteiger partial charge in [0.1, 0.15) is 5.82 Å². The number of aromatic nitrogens is 1. The van der Waals surface area contributed by atoms with Crippen molar-refractivity contribution in [1.29, 1.82) is 0 Å². The van der Waals surface area contributed by atoms with Crippen LogP contribution in [0.3, 0.4) is 0 Å². The number of rotatable bonds is 4. The molecule has 1 aromatic rings. The van der Waals surface area contributed by atoms with Gasteiger partial charge in [-0.05, 0) is 12.5 Å². The van der Waals surface area contributed by atoms with Gasteiger partial charge in [-0.1, -0.05) is 11.6 Å². The number of pyridine rings is 1. The number of amides is 1. The summed E-state index contributed by atoms with van der Waals surface area (Å²) in [5, 5.41) is 9.89. The van der Waals surface area contributed by atoms with Crippen LogP contribution in [-0.4, -0.2) is 67.4 Å². The Balaban J connectivity index is 2.26. The van der Waals surface area contributed by atoms with Gasteiger partial charge < -0.3 is 19.6 Å². The third-order valence-electron chi connectivity index (χ3n) is 3.67. The molecule has 7 heteroatoms. The van der Waals surface area contributed by atoms with Crippen molar-refractivity contribution >= 4 is 23.3 Å². The Kier molecular flexibility index (Phi) is 5.03. The molecule has 1 aliphatic heterocycles. The number of hydrogen-bond acceptors (Lipinski definition) is 5. The summed E-state index contributed by atoms with van der Waals surface area (Å²) in [4.78, 5) is 19.6. The number of aliphatic hydroxyl groups is 1. The van der Waals surface area contributed by atoms with Crippen LogP contribution in [-0.2, 0) is 4.74 Å². The number of aliphatic hydroxyl groups excluding tert-OH is 1. The van der Waals surface area contributed by atoms with Crippen LogP contribution in [0.25, 0.3) is 0 Å². The quantitative estimate of drug-likeness (QED) is 0.899. The highest BCUT2D eigenvalue weighted by Crippen LogP contribution is 2.31. The molecule has 1 saturated heterocycles. The van der Waals surface area contributed by atoms with Gasteiger partial charge in [-0.2, -0.15) is 0 Å². The summed E-state index contributed by atoms with van der Waals surface area (Å²) in [6, 6.07) is 1.54.